The molecule has 0 unspecified atom stereocenters. The molecule has 0 saturated carbocycles. The van der Waals surface area contributed by atoms with Gasteiger partial charge in [0.15, 0.2) is 0 Å². The van der Waals surface area contributed by atoms with E-state index >= 15 is 0 Å². The average Bonchev–Trinajstić information content (AvgIpc) is 3.12. The first kappa shape index (κ1) is 20.9. The van der Waals surface area contributed by atoms with Gasteiger partial charge in [-0.05, 0) is 62.7 Å². The van der Waals surface area contributed by atoms with Gasteiger partial charge in [0.2, 0.25) is 0 Å². The van der Waals surface area contributed by atoms with E-state index in [4.69, 9.17) is 5.73 Å². The molecule has 0 amide bonds. The lowest BCUT2D eigenvalue weighted by atomic mass is 10.0. The topological polar surface area (TPSA) is 47.1 Å². The fourth-order valence-electron chi connectivity index (χ4n) is 4.29. The van der Waals surface area contributed by atoms with Crippen molar-refractivity contribution in [3.63, 3.8) is 0 Å². The van der Waals surface area contributed by atoms with E-state index in [9.17, 15) is 13.2 Å². The van der Waals surface area contributed by atoms with Crippen LogP contribution in [0.3, 0.4) is 0 Å². The van der Waals surface area contributed by atoms with Gasteiger partial charge in [0.1, 0.15) is 5.82 Å². The van der Waals surface area contributed by atoms with Crippen LogP contribution in [-0.2, 0) is 19.3 Å². The van der Waals surface area contributed by atoms with Gasteiger partial charge in [-0.25, -0.2) is 4.98 Å². The van der Waals surface area contributed by atoms with Crippen molar-refractivity contribution < 1.29 is 13.2 Å². The Kier molecular flexibility index (Phi) is 6.11. The Labute approximate surface area is 174 Å². The molecule has 160 valence electrons. The van der Waals surface area contributed by atoms with Crippen LogP contribution in [0.4, 0.5) is 13.2 Å². The zero-order valence-electron chi connectivity index (χ0n) is 17.0. The summed E-state index contributed by atoms with van der Waals surface area (Å²) in [6.45, 7) is 3.86. The van der Waals surface area contributed by atoms with Gasteiger partial charge in [0.25, 0.3) is 0 Å². The zero-order chi connectivity index (χ0) is 21.1. The first-order valence-electron chi connectivity index (χ1n) is 10.6. The second-order valence-corrected chi connectivity index (χ2v) is 7.91. The highest BCUT2D eigenvalue weighted by Crippen LogP contribution is 2.38. The zero-order valence-corrected chi connectivity index (χ0v) is 17.0. The molecule has 2 aromatic carbocycles. The van der Waals surface area contributed by atoms with Crippen LogP contribution in [0.1, 0.15) is 36.8 Å². The number of fused-ring (bicyclic) bond motifs is 1. The van der Waals surface area contributed by atoms with E-state index in [1.165, 1.54) is 25.3 Å². The molecule has 1 aliphatic heterocycles. The minimum Gasteiger partial charge on any atom is -0.326 e. The highest BCUT2D eigenvalue weighted by atomic mass is 19.4. The second kappa shape index (κ2) is 8.78. The molecule has 30 heavy (non-hydrogen) atoms. The highest BCUT2D eigenvalue weighted by molar-refractivity contribution is 5.81. The third-order valence-corrected chi connectivity index (χ3v) is 5.83. The van der Waals surface area contributed by atoms with E-state index in [2.05, 4.69) is 9.88 Å². The first-order chi connectivity index (χ1) is 14.5. The Morgan fingerprint density at radius 3 is 2.47 bits per heavy atom. The molecule has 4 nitrogen and oxygen atoms in total. The minimum atomic E-state index is -4.47. The van der Waals surface area contributed by atoms with Crippen LogP contribution in [0.15, 0.2) is 42.5 Å². The summed E-state index contributed by atoms with van der Waals surface area (Å²) in [6.07, 6.45) is 0.127. The summed E-state index contributed by atoms with van der Waals surface area (Å²) >= 11 is 0. The summed E-state index contributed by atoms with van der Waals surface area (Å²) in [5, 5.41) is 0. The third kappa shape index (κ3) is 4.37. The number of nitrogens with zero attached hydrogens (tertiary/aromatic N) is 3. The van der Waals surface area contributed by atoms with E-state index < -0.39 is 11.7 Å². The number of likely N-dealkylation sites (tertiary alicyclic amines) is 1. The largest absolute Gasteiger partial charge is 0.417 e. The van der Waals surface area contributed by atoms with Crippen molar-refractivity contribution in [1.82, 2.24) is 14.5 Å². The quantitative estimate of drug-likeness (QED) is 0.611. The second-order valence-electron chi connectivity index (χ2n) is 7.91. The molecule has 3 aromatic rings. The first-order valence-corrected chi connectivity index (χ1v) is 10.6. The van der Waals surface area contributed by atoms with Gasteiger partial charge in [-0.1, -0.05) is 30.7 Å². The third-order valence-electron chi connectivity index (χ3n) is 5.83. The van der Waals surface area contributed by atoms with Crippen molar-refractivity contribution in [3.8, 4) is 11.4 Å². The number of aryl methyl sites for hydroxylation is 1. The van der Waals surface area contributed by atoms with Gasteiger partial charge in [-0.3, -0.25) is 0 Å². The predicted octanol–water partition coefficient (Wildman–Crippen LogP) is 5.06. The Hall–Kier alpha value is -2.38. The number of halogens is 3. The fourth-order valence-corrected chi connectivity index (χ4v) is 4.29. The lowest BCUT2D eigenvalue weighted by Crippen LogP contribution is -2.31. The Morgan fingerprint density at radius 1 is 0.967 bits per heavy atom. The molecular formula is C23H27F3N4. The summed E-state index contributed by atoms with van der Waals surface area (Å²) in [7, 11) is 0. The molecule has 0 bridgehead atoms. The van der Waals surface area contributed by atoms with Crippen LogP contribution < -0.4 is 5.73 Å². The monoisotopic (exact) mass is 416 g/mol. The molecule has 0 atom stereocenters. The Morgan fingerprint density at radius 2 is 1.73 bits per heavy atom. The normalized spacial score (nSPS) is 15.7. The van der Waals surface area contributed by atoms with Gasteiger partial charge in [0.05, 0.1) is 16.6 Å². The maximum absolute atomic E-state index is 13.8. The fraction of sp³-hybridized carbons (Fsp3) is 0.435. The molecule has 2 N–H and O–H groups in total. The molecule has 0 aliphatic carbocycles. The number of para-hydroxylation sites is 2. The van der Waals surface area contributed by atoms with E-state index in [0.717, 1.165) is 37.6 Å². The molecule has 2 heterocycles. The molecule has 1 aromatic heterocycles. The SMILES string of the molecule is NCc1ccc(-c2nc3ccccc3n2CCCN2CCCCC2)c(C(F)(F)F)c1. The predicted molar refractivity (Wildman–Crippen MR) is 113 cm³/mol. The lowest BCUT2D eigenvalue weighted by molar-refractivity contribution is -0.137. The molecule has 1 saturated heterocycles. The van der Waals surface area contributed by atoms with Crippen LogP contribution in [0.2, 0.25) is 0 Å². The summed E-state index contributed by atoms with van der Waals surface area (Å²) in [5.41, 5.74) is 7.04. The van der Waals surface area contributed by atoms with Crippen LogP contribution in [-0.4, -0.2) is 34.1 Å². The number of rotatable bonds is 6. The maximum Gasteiger partial charge on any atom is 0.417 e. The molecule has 7 heteroatoms. The van der Waals surface area contributed by atoms with Crippen LogP contribution >= 0.6 is 0 Å². The number of hydrogen-bond donors (Lipinski definition) is 1. The van der Waals surface area contributed by atoms with E-state index in [-0.39, 0.29) is 12.1 Å². The number of imidazole rings is 1. The van der Waals surface area contributed by atoms with Crippen molar-refractivity contribution >= 4 is 11.0 Å². The lowest BCUT2D eigenvalue weighted by Gasteiger charge is -2.26. The summed E-state index contributed by atoms with van der Waals surface area (Å²) in [5.74, 6) is 0.366. The van der Waals surface area contributed by atoms with E-state index in [1.54, 1.807) is 6.07 Å². The van der Waals surface area contributed by atoms with Crippen LogP contribution in [0.25, 0.3) is 22.4 Å². The van der Waals surface area contributed by atoms with Crippen molar-refractivity contribution in [2.75, 3.05) is 19.6 Å². The van der Waals surface area contributed by atoms with Gasteiger partial charge in [-0.2, -0.15) is 13.2 Å². The van der Waals surface area contributed by atoms with Crippen LogP contribution in [0.5, 0.6) is 0 Å². The molecule has 4 rings (SSSR count). The molecule has 1 fully saturated rings. The summed E-state index contributed by atoms with van der Waals surface area (Å²) < 4.78 is 43.5. The summed E-state index contributed by atoms with van der Waals surface area (Å²) in [4.78, 5) is 7.04. The number of benzene rings is 2. The van der Waals surface area contributed by atoms with Crippen molar-refractivity contribution in [1.29, 1.82) is 0 Å². The summed E-state index contributed by atoms with van der Waals surface area (Å²) in [6, 6.07) is 11.8. The number of aromatic nitrogens is 2. The highest BCUT2D eigenvalue weighted by Gasteiger charge is 2.35. The minimum absolute atomic E-state index is 0.0651. The van der Waals surface area contributed by atoms with Gasteiger partial charge >= 0.3 is 6.18 Å². The molecule has 1 aliphatic rings. The van der Waals surface area contributed by atoms with Gasteiger partial charge in [-0.15, -0.1) is 0 Å². The molecule has 0 spiro atoms. The van der Waals surface area contributed by atoms with Gasteiger partial charge in [0, 0.05) is 18.7 Å². The van der Waals surface area contributed by atoms with Crippen molar-refractivity contribution in [2.24, 2.45) is 5.73 Å². The Bertz CT molecular complexity index is 1000. The number of hydrogen-bond acceptors (Lipinski definition) is 3. The van der Waals surface area contributed by atoms with Crippen molar-refractivity contribution in [3.05, 3.63) is 53.6 Å². The van der Waals surface area contributed by atoms with Crippen molar-refractivity contribution in [2.45, 2.75) is 44.9 Å². The molecule has 0 radical (unpaired) electrons. The average molecular weight is 416 g/mol. The van der Waals surface area contributed by atoms with Crippen LogP contribution in [0, 0.1) is 0 Å². The number of piperidine rings is 1. The smallest absolute Gasteiger partial charge is 0.326 e. The standard InChI is InChI=1S/C23H27F3N4/c24-23(25,26)19-15-17(16-27)9-10-18(19)22-28-20-7-2-3-8-21(20)30(22)14-6-13-29-11-4-1-5-12-29/h2-3,7-10,15H,1,4-6,11-14,16,27H2. The Balaban J connectivity index is 1.71. The molecular weight excluding hydrogens is 389 g/mol. The van der Waals surface area contributed by atoms with E-state index in [0.29, 0.717) is 23.4 Å². The van der Waals surface area contributed by atoms with E-state index in [1.807, 2.05) is 28.8 Å². The maximum atomic E-state index is 13.8. The number of nitrogens with two attached hydrogens (primary N) is 1. The van der Waals surface area contributed by atoms with Gasteiger partial charge < -0.3 is 15.2 Å². The number of alkyl halides is 3.